The molecule has 3 rings (SSSR count). The fourth-order valence-corrected chi connectivity index (χ4v) is 3.24. The molecule has 1 atom stereocenters. The van der Waals surface area contributed by atoms with Gasteiger partial charge in [0.15, 0.2) is 0 Å². The van der Waals surface area contributed by atoms with Crippen LogP contribution in [0.25, 0.3) is 0 Å². The molecule has 1 heterocycles. The molecule has 2 nitrogen and oxygen atoms in total. The van der Waals surface area contributed by atoms with E-state index >= 15 is 0 Å². The molecule has 2 N–H and O–H groups in total. The van der Waals surface area contributed by atoms with Crippen molar-refractivity contribution < 1.29 is 0 Å². The van der Waals surface area contributed by atoms with Gasteiger partial charge in [0.2, 0.25) is 0 Å². The Hall–Kier alpha value is -2.45. The van der Waals surface area contributed by atoms with E-state index in [4.69, 9.17) is 10.7 Å². The van der Waals surface area contributed by atoms with Gasteiger partial charge < -0.3 is 5.73 Å². The second-order valence-electron chi connectivity index (χ2n) is 6.86. The van der Waals surface area contributed by atoms with Crippen molar-refractivity contribution in [2.24, 2.45) is 5.73 Å². The van der Waals surface area contributed by atoms with Gasteiger partial charge in [-0.15, -0.1) is 0 Å². The Bertz CT molecular complexity index is 825. The summed E-state index contributed by atoms with van der Waals surface area (Å²) in [5.41, 5.74) is 13.9. The fraction of sp³-hybridized carbons (Fsp3) is 0.261. The lowest BCUT2D eigenvalue weighted by molar-refractivity contribution is 0.660. The molecule has 0 aliphatic carbocycles. The largest absolute Gasteiger partial charge is 0.327 e. The summed E-state index contributed by atoms with van der Waals surface area (Å²) in [5, 5.41) is 0. The maximum atomic E-state index is 6.39. The quantitative estimate of drug-likeness (QED) is 0.727. The number of nitrogens with zero attached hydrogens (tertiary/aromatic N) is 1. The van der Waals surface area contributed by atoms with Crippen molar-refractivity contribution in [3.63, 3.8) is 0 Å². The van der Waals surface area contributed by atoms with Crippen LogP contribution in [-0.2, 0) is 19.3 Å². The van der Waals surface area contributed by atoms with Gasteiger partial charge in [-0.2, -0.15) is 0 Å². The monoisotopic (exact) mass is 330 g/mol. The van der Waals surface area contributed by atoms with Crippen LogP contribution < -0.4 is 5.73 Å². The second-order valence-corrected chi connectivity index (χ2v) is 6.86. The van der Waals surface area contributed by atoms with Crippen molar-refractivity contribution >= 4 is 0 Å². The van der Waals surface area contributed by atoms with E-state index in [1.807, 2.05) is 12.3 Å². The van der Waals surface area contributed by atoms with E-state index in [1.165, 1.54) is 27.8 Å². The average molecular weight is 330 g/mol. The summed E-state index contributed by atoms with van der Waals surface area (Å²) in [6, 6.07) is 21.3. The van der Waals surface area contributed by atoms with Crippen molar-refractivity contribution in [3.8, 4) is 0 Å². The van der Waals surface area contributed by atoms with Crippen LogP contribution in [0, 0.1) is 13.8 Å². The maximum Gasteiger partial charge on any atom is 0.0476 e. The van der Waals surface area contributed by atoms with Gasteiger partial charge in [0.25, 0.3) is 0 Å². The van der Waals surface area contributed by atoms with Crippen molar-refractivity contribution in [2.45, 2.75) is 39.2 Å². The zero-order valence-corrected chi connectivity index (χ0v) is 15.1. The van der Waals surface area contributed by atoms with Crippen LogP contribution in [0.4, 0.5) is 0 Å². The number of pyridine rings is 1. The first-order valence-corrected chi connectivity index (χ1v) is 8.90. The zero-order valence-electron chi connectivity index (χ0n) is 15.1. The molecule has 1 aromatic heterocycles. The third-order valence-electron chi connectivity index (χ3n) is 4.70. The first-order chi connectivity index (χ1) is 12.1. The van der Waals surface area contributed by atoms with Crippen molar-refractivity contribution in [2.75, 3.05) is 0 Å². The Morgan fingerprint density at radius 1 is 0.840 bits per heavy atom. The molecule has 0 aliphatic heterocycles. The lowest BCUT2D eigenvalue weighted by Crippen LogP contribution is -2.26. The van der Waals surface area contributed by atoms with E-state index in [0.29, 0.717) is 0 Å². The Morgan fingerprint density at radius 2 is 1.56 bits per heavy atom. The predicted molar refractivity (Wildman–Crippen MR) is 105 cm³/mol. The highest BCUT2D eigenvalue weighted by Gasteiger charge is 2.09. The zero-order chi connectivity index (χ0) is 17.6. The van der Waals surface area contributed by atoms with Gasteiger partial charge in [-0.1, -0.05) is 60.7 Å². The van der Waals surface area contributed by atoms with E-state index in [2.05, 4.69) is 68.4 Å². The Kier molecular flexibility index (Phi) is 5.62. The highest BCUT2D eigenvalue weighted by molar-refractivity contribution is 5.31. The number of rotatable bonds is 6. The van der Waals surface area contributed by atoms with Crippen molar-refractivity contribution in [1.82, 2.24) is 4.98 Å². The van der Waals surface area contributed by atoms with E-state index < -0.39 is 0 Å². The molecule has 0 aliphatic rings. The Morgan fingerprint density at radius 3 is 2.28 bits per heavy atom. The lowest BCUT2D eigenvalue weighted by atomic mass is 9.96. The Labute approximate surface area is 150 Å². The van der Waals surface area contributed by atoms with Crippen LogP contribution in [0.15, 0.2) is 66.9 Å². The standard InChI is InChI=1S/C23H26N2/c1-17-8-6-7-11-21(17)15-22(24)13-20-12-18(2)23(25-16-20)14-19-9-4-3-5-10-19/h3-12,16,22H,13-15,24H2,1-2H3. The van der Waals surface area contributed by atoms with Crippen LogP contribution in [-0.4, -0.2) is 11.0 Å². The van der Waals surface area contributed by atoms with Gasteiger partial charge in [-0.3, -0.25) is 4.98 Å². The summed E-state index contributed by atoms with van der Waals surface area (Å²) < 4.78 is 0. The van der Waals surface area contributed by atoms with Gasteiger partial charge >= 0.3 is 0 Å². The van der Waals surface area contributed by atoms with Crippen LogP contribution in [0.5, 0.6) is 0 Å². The third kappa shape index (κ3) is 4.77. The van der Waals surface area contributed by atoms with Gasteiger partial charge in [-0.05, 0) is 54.5 Å². The van der Waals surface area contributed by atoms with E-state index in [0.717, 1.165) is 25.0 Å². The first-order valence-electron chi connectivity index (χ1n) is 8.90. The summed E-state index contributed by atoms with van der Waals surface area (Å²) in [4.78, 5) is 4.70. The topological polar surface area (TPSA) is 38.9 Å². The molecular formula is C23H26N2. The molecule has 0 saturated heterocycles. The fourth-order valence-electron chi connectivity index (χ4n) is 3.24. The molecule has 2 heteroatoms. The number of hydrogen-bond donors (Lipinski definition) is 1. The SMILES string of the molecule is Cc1ccccc1CC(N)Cc1cnc(Cc2ccccc2)c(C)c1. The highest BCUT2D eigenvalue weighted by Crippen LogP contribution is 2.16. The normalized spacial score (nSPS) is 12.1. The van der Waals surface area contributed by atoms with E-state index in [-0.39, 0.29) is 6.04 Å². The number of aryl methyl sites for hydroxylation is 2. The van der Waals surface area contributed by atoms with Crippen molar-refractivity contribution in [3.05, 3.63) is 100 Å². The first kappa shape index (κ1) is 17.4. The number of nitrogens with two attached hydrogens (primary N) is 1. The number of benzene rings is 2. The van der Waals surface area contributed by atoms with Gasteiger partial charge in [-0.25, -0.2) is 0 Å². The molecular weight excluding hydrogens is 304 g/mol. The molecule has 2 aromatic carbocycles. The Balaban J connectivity index is 1.65. The van der Waals surface area contributed by atoms with Crippen LogP contribution in [0.3, 0.4) is 0 Å². The van der Waals surface area contributed by atoms with Gasteiger partial charge in [0.05, 0.1) is 0 Å². The molecule has 1 unspecified atom stereocenters. The molecule has 3 aromatic rings. The van der Waals surface area contributed by atoms with Crippen LogP contribution in [0.1, 0.15) is 33.5 Å². The second kappa shape index (κ2) is 8.09. The minimum Gasteiger partial charge on any atom is -0.327 e. The number of aromatic nitrogens is 1. The summed E-state index contributed by atoms with van der Waals surface area (Å²) in [6.45, 7) is 4.29. The minimum atomic E-state index is 0.113. The molecule has 128 valence electrons. The third-order valence-corrected chi connectivity index (χ3v) is 4.70. The summed E-state index contributed by atoms with van der Waals surface area (Å²) in [7, 11) is 0. The molecule has 0 bridgehead atoms. The molecule has 0 saturated carbocycles. The van der Waals surface area contributed by atoms with Gasteiger partial charge in [0, 0.05) is 24.4 Å². The predicted octanol–water partition coefficient (Wildman–Crippen LogP) is 4.40. The summed E-state index contributed by atoms with van der Waals surface area (Å²) in [6.07, 6.45) is 4.62. The smallest absolute Gasteiger partial charge is 0.0476 e. The molecule has 0 amide bonds. The van der Waals surface area contributed by atoms with Gasteiger partial charge in [0.1, 0.15) is 0 Å². The summed E-state index contributed by atoms with van der Waals surface area (Å²) >= 11 is 0. The number of hydrogen-bond acceptors (Lipinski definition) is 2. The van der Waals surface area contributed by atoms with E-state index in [9.17, 15) is 0 Å². The molecule has 0 radical (unpaired) electrons. The molecule has 25 heavy (non-hydrogen) atoms. The highest BCUT2D eigenvalue weighted by atomic mass is 14.7. The maximum absolute atomic E-state index is 6.39. The average Bonchev–Trinajstić information content (AvgIpc) is 2.60. The van der Waals surface area contributed by atoms with Crippen molar-refractivity contribution in [1.29, 1.82) is 0 Å². The summed E-state index contributed by atoms with van der Waals surface area (Å²) in [5.74, 6) is 0. The van der Waals surface area contributed by atoms with Crippen LogP contribution >= 0.6 is 0 Å². The van der Waals surface area contributed by atoms with E-state index in [1.54, 1.807) is 0 Å². The molecule has 0 spiro atoms. The van der Waals surface area contributed by atoms with Crippen LogP contribution in [0.2, 0.25) is 0 Å². The molecule has 0 fully saturated rings. The lowest BCUT2D eigenvalue weighted by Gasteiger charge is -2.14. The minimum absolute atomic E-state index is 0.113.